The summed E-state index contributed by atoms with van der Waals surface area (Å²) in [5.41, 5.74) is 0.430. The summed E-state index contributed by atoms with van der Waals surface area (Å²) in [5.74, 6) is 1.38. The Bertz CT molecular complexity index is 462. The van der Waals surface area contributed by atoms with Crippen LogP contribution < -0.4 is 0 Å². The average molecular weight is 331 g/mol. The normalized spacial score (nSPS) is 26.0. The molecule has 0 amide bonds. The lowest BCUT2D eigenvalue weighted by atomic mass is 9.79. The van der Waals surface area contributed by atoms with Gasteiger partial charge >= 0.3 is 0 Å². The van der Waals surface area contributed by atoms with Crippen LogP contribution in [-0.4, -0.2) is 16.6 Å². The molecule has 0 atom stereocenters. The average Bonchev–Trinajstić information content (AvgIpc) is 2.45. The van der Waals surface area contributed by atoms with Crippen molar-refractivity contribution in [2.75, 3.05) is 6.61 Å². The molecule has 0 bridgehead atoms. The van der Waals surface area contributed by atoms with Gasteiger partial charge < -0.3 is 4.74 Å². The van der Waals surface area contributed by atoms with Crippen LogP contribution in [0.2, 0.25) is 10.3 Å². The molecule has 118 valence electrons. The Morgan fingerprint density at radius 2 is 1.71 bits per heavy atom. The molecule has 0 aromatic carbocycles. The maximum atomic E-state index is 6.33. The second kappa shape index (κ2) is 7.26. The van der Waals surface area contributed by atoms with Crippen molar-refractivity contribution in [3.63, 3.8) is 0 Å². The zero-order chi connectivity index (χ0) is 15.5. The standard InChI is InChI=1S/C16H24Cl2N2O/c1-4-6-12-13(17)19-15(20-14(12)18)16(21-5-2)9-7-11(3)8-10-16/h11H,4-10H2,1-3H3. The van der Waals surface area contributed by atoms with Crippen LogP contribution in [0.25, 0.3) is 0 Å². The number of hydrogen-bond donors (Lipinski definition) is 0. The highest BCUT2D eigenvalue weighted by molar-refractivity contribution is 6.34. The smallest absolute Gasteiger partial charge is 0.163 e. The third-order valence-corrected chi connectivity index (χ3v) is 4.94. The van der Waals surface area contributed by atoms with E-state index < -0.39 is 5.60 Å². The lowest BCUT2D eigenvalue weighted by Gasteiger charge is -2.38. The maximum absolute atomic E-state index is 6.33. The van der Waals surface area contributed by atoms with E-state index in [-0.39, 0.29) is 0 Å². The molecule has 0 unspecified atom stereocenters. The highest BCUT2D eigenvalue weighted by atomic mass is 35.5. The van der Waals surface area contributed by atoms with Crippen LogP contribution in [0.3, 0.4) is 0 Å². The molecular weight excluding hydrogens is 307 g/mol. The summed E-state index contributed by atoms with van der Waals surface area (Å²) in [5, 5.41) is 0.953. The van der Waals surface area contributed by atoms with Crippen molar-refractivity contribution in [2.24, 2.45) is 5.92 Å². The Morgan fingerprint density at radius 1 is 1.14 bits per heavy atom. The van der Waals surface area contributed by atoms with Crippen molar-refractivity contribution in [3.05, 3.63) is 21.7 Å². The molecule has 21 heavy (non-hydrogen) atoms. The second-order valence-electron chi connectivity index (χ2n) is 5.97. The highest BCUT2D eigenvalue weighted by Crippen LogP contribution is 2.42. The minimum absolute atomic E-state index is 0.417. The summed E-state index contributed by atoms with van der Waals surface area (Å²) in [6.45, 7) is 7.02. The monoisotopic (exact) mass is 330 g/mol. The molecule has 1 heterocycles. The first-order chi connectivity index (χ1) is 10.0. The molecule has 1 fully saturated rings. The topological polar surface area (TPSA) is 35.0 Å². The summed E-state index contributed by atoms with van der Waals surface area (Å²) in [6, 6.07) is 0. The second-order valence-corrected chi connectivity index (χ2v) is 6.68. The van der Waals surface area contributed by atoms with Crippen LogP contribution in [0.1, 0.15) is 64.3 Å². The van der Waals surface area contributed by atoms with Gasteiger partial charge in [0.2, 0.25) is 0 Å². The number of ether oxygens (including phenoxy) is 1. The zero-order valence-electron chi connectivity index (χ0n) is 13.1. The number of hydrogen-bond acceptors (Lipinski definition) is 3. The van der Waals surface area contributed by atoms with E-state index in [0.29, 0.717) is 22.7 Å². The fraction of sp³-hybridized carbons (Fsp3) is 0.750. The van der Waals surface area contributed by atoms with Crippen molar-refractivity contribution in [2.45, 2.75) is 64.9 Å². The SMILES string of the molecule is CCCc1c(Cl)nc(C2(OCC)CCC(C)CC2)nc1Cl. The molecule has 1 aliphatic rings. The number of aromatic nitrogens is 2. The Balaban J connectivity index is 2.37. The summed E-state index contributed by atoms with van der Waals surface area (Å²) in [7, 11) is 0. The molecule has 1 aromatic heterocycles. The summed E-state index contributed by atoms with van der Waals surface area (Å²) >= 11 is 12.7. The Morgan fingerprint density at radius 3 is 2.19 bits per heavy atom. The van der Waals surface area contributed by atoms with E-state index in [1.54, 1.807) is 0 Å². The third kappa shape index (κ3) is 3.69. The van der Waals surface area contributed by atoms with E-state index in [0.717, 1.165) is 50.0 Å². The Hall–Kier alpha value is -0.380. The molecule has 1 saturated carbocycles. The minimum Gasteiger partial charge on any atom is -0.367 e. The highest BCUT2D eigenvalue weighted by Gasteiger charge is 2.40. The van der Waals surface area contributed by atoms with Crippen LogP contribution in [0, 0.1) is 5.92 Å². The van der Waals surface area contributed by atoms with E-state index in [2.05, 4.69) is 23.8 Å². The molecule has 0 saturated heterocycles. The quantitative estimate of drug-likeness (QED) is 0.698. The Kier molecular flexibility index (Phi) is 5.87. The third-order valence-electron chi connectivity index (χ3n) is 4.32. The molecule has 0 aliphatic heterocycles. The van der Waals surface area contributed by atoms with Crippen molar-refractivity contribution in [1.29, 1.82) is 0 Å². The fourth-order valence-electron chi connectivity index (χ4n) is 3.03. The Labute approximate surface area is 137 Å². The number of rotatable bonds is 5. The molecule has 1 aromatic rings. The van der Waals surface area contributed by atoms with Crippen molar-refractivity contribution >= 4 is 23.2 Å². The molecule has 3 nitrogen and oxygen atoms in total. The molecule has 0 spiro atoms. The summed E-state index contributed by atoms with van der Waals surface area (Å²) < 4.78 is 6.07. The lowest BCUT2D eigenvalue weighted by molar-refractivity contribution is -0.0837. The first-order valence-corrected chi connectivity index (χ1v) is 8.64. The molecular formula is C16H24Cl2N2O. The summed E-state index contributed by atoms with van der Waals surface area (Å²) in [4.78, 5) is 9.07. The van der Waals surface area contributed by atoms with Gasteiger partial charge in [-0.15, -0.1) is 0 Å². The molecule has 0 N–H and O–H groups in total. The largest absolute Gasteiger partial charge is 0.367 e. The van der Waals surface area contributed by atoms with Crippen LogP contribution in [0.5, 0.6) is 0 Å². The zero-order valence-corrected chi connectivity index (χ0v) is 14.6. The lowest BCUT2D eigenvalue weighted by Crippen LogP contribution is -2.36. The van der Waals surface area contributed by atoms with Crippen LogP contribution >= 0.6 is 23.2 Å². The predicted molar refractivity (Wildman–Crippen MR) is 87.0 cm³/mol. The van der Waals surface area contributed by atoms with E-state index in [1.807, 2.05) is 6.92 Å². The number of nitrogens with zero attached hydrogens (tertiary/aromatic N) is 2. The minimum atomic E-state index is -0.417. The fourth-order valence-corrected chi connectivity index (χ4v) is 3.60. The van der Waals surface area contributed by atoms with E-state index in [1.165, 1.54) is 0 Å². The molecule has 1 aliphatic carbocycles. The van der Waals surface area contributed by atoms with Crippen molar-refractivity contribution in [1.82, 2.24) is 9.97 Å². The summed E-state index contributed by atoms with van der Waals surface area (Å²) in [6.07, 6.45) is 5.88. The van der Waals surface area contributed by atoms with E-state index in [9.17, 15) is 0 Å². The van der Waals surface area contributed by atoms with Crippen molar-refractivity contribution < 1.29 is 4.74 Å². The van der Waals surface area contributed by atoms with Gasteiger partial charge in [-0.3, -0.25) is 0 Å². The molecule has 5 heteroatoms. The van der Waals surface area contributed by atoms with Crippen molar-refractivity contribution in [3.8, 4) is 0 Å². The maximum Gasteiger partial charge on any atom is 0.163 e. The molecule has 2 rings (SSSR count). The van der Waals surface area contributed by atoms with Crippen LogP contribution in [0.4, 0.5) is 0 Å². The van der Waals surface area contributed by atoms with E-state index >= 15 is 0 Å². The van der Waals surface area contributed by atoms with E-state index in [4.69, 9.17) is 27.9 Å². The number of halogens is 2. The van der Waals surface area contributed by atoms with Gasteiger partial charge in [0.1, 0.15) is 15.9 Å². The van der Waals surface area contributed by atoms with Gasteiger partial charge in [0.05, 0.1) is 0 Å². The van der Waals surface area contributed by atoms with Gasteiger partial charge in [-0.05, 0) is 44.9 Å². The van der Waals surface area contributed by atoms with Crippen LogP contribution in [-0.2, 0) is 16.8 Å². The van der Waals surface area contributed by atoms with Crippen LogP contribution in [0.15, 0.2) is 0 Å². The molecule has 0 radical (unpaired) electrons. The first-order valence-electron chi connectivity index (χ1n) is 7.88. The van der Waals surface area contributed by atoms with Gasteiger partial charge in [-0.1, -0.05) is 43.5 Å². The van der Waals surface area contributed by atoms with Gasteiger partial charge in [0.15, 0.2) is 5.82 Å². The first kappa shape index (κ1) is 17.0. The van der Waals surface area contributed by atoms with Gasteiger partial charge in [-0.2, -0.15) is 0 Å². The van der Waals surface area contributed by atoms with Gasteiger partial charge in [0, 0.05) is 12.2 Å². The van der Waals surface area contributed by atoms with Gasteiger partial charge in [0.25, 0.3) is 0 Å². The predicted octanol–water partition coefficient (Wildman–Crippen LogP) is 5.18. The van der Waals surface area contributed by atoms with Gasteiger partial charge in [-0.25, -0.2) is 9.97 Å².